The highest BCUT2D eigenvalue weighted by atomic mass is 16.4. The van der Waals surface area contributed by atoms with Crippen molar-refractivity contribution >= 4 is 33.3 Å². The molecule has 0 saturated heterocycles. The van der Waals surface area contributed by atoms with Gasteiger partial charge in [0.15, 0.2) is 0 Å². The predicted octanol–water partition coefficient (Wildman–Crippen LogP) is 4.76. The van der Waals surface area contributed by atoms with Gasteiger partial charge in [0.1, 0.15) is 11.1 Å². The van der Waals surface area contributed by atoms with E-state index in [1.54, 1.807) is 18.2 Å². The van der Waals surface area contributed by atoms with E-state index in [1.165, 1.54) is 0 Å². The van der Waals surface area contributed by atoms with E-state index in [1.807, 2.05) is 55.5 Å². The van der Waals surface area contributed by atoms with E-state index >= 15 is 0 Å². The molecule has 1 aromatic heterocycles. The molecule has 128 valence electrons. The van der Waals surface area contributed by atoms with Crippen LogP contribution in [0.5, 0.6) is 0 Å². The van der Waals surface area contributed by atoms with Crippen LogP contribution in [-0.2, 0) is 6.42 Å². The summed E-state index contributed by atoms with van der Waals surface area (Å²) < 4.78 is 5.39. The minimum absolute atomic E-state index is 0.00393. The van der Waals surface area contributed by atoms with Crippen molar-refractivity contribution in [1.82, 2.24) is 0 Å². The summed E-state index contributed by atoms with van der Waals surface area (Å²) in [6.45, 7) is 2.05. The average molecular weight is 343 g/mol. The fourth-order valence-corrected chi connectivity index (χ4v) is 3.10. The van der Waals surface area contributed by atoms with Crippen molar-refractivity contribution in [3.8, 4) is 0 Å². The topological polar surface area (TPSA) is 59.3 Å². The Morgan fingerprint density at radius 3 is 2.65 bits per heavy atom. The predicted molar refractivity (Wildman–Crippen MR) is 104 cm³/mol. The number of benzene rings is 3. The Hall–Kier alpha value is -3.40. The summed E-state index contributed by atoms with van der Waals surface area (Å²) in [5.74, 6) is -0.471. The van der Waals surface area contributed by atoms with Crippen LogP contribution < -0.4 is 10.9 Å². The minimum atomic E-state index is -0.642. The van der Waals surface area contributed by atoms with Gasteiger partial charge in [-0.2, -0.15) is 0 Å². The van der Waals surface area contributed by atoms with Gasteiger partial charge in [-0.25, -0.2) is 4.79 Å². The van der Waals surface area contributed by atoms with Gasteiger partial charge in [0.2, 0.25) is 0 Å². The van der Waals surface area contributed by atoms with Crippen LogP contribution in [0.4, 0.5) is 5.69 Å². The molecule has 1 heterocycles. The van der Waals surface area contributed by atoms with E-state index in [-0.39, 0.29) is 5.56 Å². The Labute approximate surface area is 150 Å². The van der Waals surface area contributed by atoms with E-state index in [9.17, 15) is 9.59 Å². The lowest BCUT2D eigenvalue weighted by Crippen LogP contribution is -2.20. The number of carbonyl (C=O) groups is 1. The zero-order valence-electron chi connectivity index (χ0n) is 14.3. The largest absolute Gasteiger partial charge is 0.422 e. The molecule has 4 aromatic rings. The van der Waals surface area contributed by atoms with Gasteiger partial charge in [0.25, 0.3) is 5.91 Å². The molecule has 4 rings (SSSR count). The average Bonchev–Trinajstić information content (AvgIpc) is 2.67. The summed E-state index contributed by atoms with van der Waals surface area (Å²) in [7, 11) is 0. The maximum Gasteiger partial charge on any atom is 0.349 e. The fraction of sp³-hybridized carbons (Fsp3) is 0.0909. The highest BCUT2D eigenvalue weighted by Gasteiger charge is 2.15. The lowest BCUT2D eigenvalue weighted by Gasteiger charge is -2.08. The molecule has 0 aliphatic heterocycles. The first kappa shape index (κ1) is 16.1. The zero-order valence-corrected chi connectivity index (χ0v) is 14.3. The van der Waals surface area contributed by atoms with Crippen molar-refractivity contribution in [2.75, 3.05) is 5.32 Å². The third-order valence-electron chi connectivity index (χ3n) is 4.48. The molecule has 0 unspecified atom stereocenters. The van der Waals surface area contributed by atoms with E-state index in [4.69, 9.17) is 4.42 Å². The number of aryl methyl sites for hydroxylation is 1. The molecule has 0 bridgehead atoms. The van der Waals surface area contributed by atoms with Gasteiger partial charge < -0.3 is 9.73 Å². The SMILES string of the molecule is CCc1cccc(NC(=O)c2cc3c(ccc4ccccc43)oc2=O)c1. The second kappa shape index (κ2) is 6.48. The molecule has 0 spiro atoms. The summed E-state index contributed by atoms with van der Waals surface area (Å²) in [5, 5.41) is 5.50. The van der Waals surface area contributed by atoms with Crippen LogP contribution in [-0.4, -0.2) is 5.91 Å². The lowest BCUT2D eigenvalue weighted by molar-refractivity contribution is 0.102. The third-order valence-corrected chi connectivity index (χ3v) is 4.48. The first-order valence-electron chi connectivity index (χ1n) is 8.51. The molecule has 1 N–H and O–H groups in total. The van der Waals surface area contributed by atoms with E-state index in [0.29, 0.717) is 11.3 Å². The number of fused-ring (bicyclic) bond motifs is 3. The molecule has 4 heteroatoms. The molecular weight excluding hydrogens is 326 g/mol. The standard InChI is InChI=1S/C22H17NO3/c1-2-14-6-5-8-16(12-14)23-21(24)19-13-18-17-9-4-3-7-15(17)10-11-20(18)26-22(19)25/h3-13H,2H2,1H3,(H,23,24). The van der Waals surface area contributed by atoms with Crippen molar-refractivity contribution in [1.29, 1.82) is 0 Å². The number of anilines is 1. The summed E-state index contributed by atoms with van der Waals surface area (Å²) in [6, 6.07) is 20.6. The first-order valence-corrected chi connectivity index (χ1v) is 8.51. The zero-order chi connectivity index (χ0) is 18.1. The summed E-state index contributed by atoms with van der Waals surface area (Å²) >= 11 is 0. The maximum atomic E-state index is 12.6. The first-order chi connectivity index (χ1) is 12.7. The molecule has 0 fully saturated rings. The number of hydrogen-bond donors (Lipinski definition) is 1. The molecule has 1 amide bonds. The minimum Gasteiger partial charge on any atom is -0.422 e. The smallest absolute Gasteiger partial charge is 0.349 e. The monoisotopic (exact) mass is 343 g/mol. The molecule has 0 aliphatic rings. The second-order valence-electron chi connectivity index (χ2n) is 6.15. The number of amides is 1. The molecule has 0 atom stereocenters. The summed E-state index contributed by atoms with van der Waals surface area (Å²) in [4.78, 5) is 24.9. The third kappa shape index (κ3) is 2.86. The molecule has 0 aliphatic carbocycles. The van der Waals surface area contributed by atoms with Gasteiger partial charge in [-0.3, -0.25) is 4.79 Å². The fourth-order valence-electron chi connectivity index (χ4n) is 3.10. The van der Waals surface area contributed by atoms with E-state index < -0.39 is 11.5 Å². The second-order valence-corrected chi connectivity index (χ2v) is 6.15. The number of carbonyl (C=O) groups excluding carboxylic acids is 1. The van der Waals surface area contributed by atoms with Gasteiger partial charge in [0.05, 0.1) is 0 Å². The van der Waals surface area contributed by atoms with Crippen molar-refractivity contribution < 1.29 is 9.21 Å². The van der Waals surface area contributed by atoms with E-state index in [0.717, 1.165) is 28.1 Å². The molecule has 26 heavy (non-hydrogen) atoms. The van der Waals surface area contributed by atoms with Crippen LogP contribution in [0.2, 0.25) is 0 Å². The Bertz CT molecular complexity index is 1190. The van der Waals surface area contributed by atoms with Crippen molar-refractivity contribution in [3.05, 3.63) is 88.3 Å². The molecule has 4 nitrogen and oxygen atoms in total. The normalized spacial score (nSPS) is 11.0. The molecule has 0 radical (unpaired) electrons. The highest BCUT2D eigenvalue weighted by molar-refractivity contribution is 6.10. The molecule has 3 aromatic carbocycles. The van der Waals surface area contributed by atoms with Crippen LogP contribution in [0.3, 0.4) is 0 Å². The van der Waals surface area contributed by atoms with Gasteiger partial charge in [-0.15, -0.1) is 0 Å². The van der Waals surface area contributed by atoms with Crippen LogP contribution >= 0.6 is 0 Å². The van der Waals surface area contributed by atoms with Crippen molar-refractivity contribution in [3.63, 3.8) is 0 Å². The van der Waals surface area contributed by atoms with Gasteiger partial charge in [-0.05, 0) is 47.0 Å². The van der Waals surface area contributed by atoms with Crippen LogP contribution in [0.15, 0.2) is 75.9 Å². The van der Waals surface area contributed by atoms with Crippen LogP contribution in [0, 0.1) is 0 Å². The Balaban J connectivity index is 1.80. The van der Waals surface area contributed by atoms with Gasteiger partial charge in [0, 0.05) is 11.1 Å². The highest BCUT2D eigenvalue weighted by Crippen LogP contribution is 2.25. The van der Waals surface area contributed by atoms with Crippen molar-refractivity contribution in [2.45, 2.75) is 13.3 Å². The number of hydrogen-bond acceptors (Lipinski definition) is 3. The van der Waals surface area contributed by atoms with Gasteiger partial charge in [-0.1, -0.05) is 49.4 Å². The Morgan fingerprint density at radius 2 is 1.81 bits per heavy atom. The Kier molecular flexibility index (Phi) is 4.01. The van der Waals surface area contributed by atoms with E-state index in [2.05, 4.69) is 5.32 Å². The number of nitrogens with one attached hydrogen (secondary N) is 1. The maximum absolute atomic E-state index is 12.6. The Morgan fingerprint density at radius 1 is 0.962 bits per heavy atom. The quantitative estimate of drug-likeness (QED) is 0.431. The summed E-state index contributed by atoms with van der Waals surface area (Å²) in [5.41, 5.74) is 1.59. The van der Waals surface area contributed by atoms with Crippen LogP contribution in [0.1, 0.15) is 22.8 Å². The lowest BCUT2D eigenvalue weighted by atomic mass is 10.0. The molecular formula is C22H17NO3. The van der Waals surface area contributed by atoms with Crippen LogP contribution in [0.25, 0.3) is 21.7 Å². The summed E-state index contributed by atoms with van der Waals surface area (Å²) in [6.07, 6.45) is 0.869. The van der Waals surface area contributed by atoms with Crippen molar-refractivity contribution in [2.24, 2.45) is 0 Å². The molecule has 0 saturated carbocycles. The van der Waals surface area contributed by atoms with Gasteiger partial charge >= 0.3 is 5.63 Å². The number of rotatable bonds is 3.